The average molecular weight is 311 g/mol. The third-order valence-corrected chi connectivity index (χ3v) is 4.22. The Morgan fingerprint density at radius 2 is 2.24 bits per heavy atom. The second-order valence-corrected chi connectivity index (χ2v) is 6.09. The van der Waals surface area contributed by atoms with Crippen LogP contribution in [0.2, 0.25) is 5.02 Å². The van der Waals surface area contributed by atoms with Crippen molar-refractivity contribution in [1.29, 1.82) is 0 Å². The number of carbonyl (C=O) groups excluding carboxylic acids is 1. The molecule has 1 aliphatic heterocycles. The molecule has 3 N–H and O–H groups in total. The number of nitrogens with two attached hydrogens (primary N) is 1. The van der Waals surface area contributed by atoms with Gasteiger partial charge in [-0.15, -0.1) is 0 Å². The van der Waals surface area contributed by atoms with Crippen LogP contribution in [-0.4, -0.2) is 55.0 Å². The maximum Gasteiger partial charge on any atom is 0.225 e. The minimum Gasteiger partial charge on any atom is -0.397 e. The zero-order valence-electron chi connectivity index (χ0n) is 12.6. The fraction of sp³-hybridized carbons (Fsp3) is 0.533. The highest BCUT2D eigenvalue weighted by Crippen LogP contribution is 2.22. The molecule has 1 aromatic rings. The molecule has 1 fully saturated rings. The summed E-state index contributed by atoms with van der Waals surface area (Å²) < 4.78 is 0. The predicted molar refractivity (Wildman–Crippen MR) is 87.6 cm³/mol. The van der Waals surface area contributed by atoms with Gasteiger partial charge in [0.05, 0.1) is 10.7 Å². The topological polar surface area (TPSA) is 61.6 Å². The highest BCUT2D eigenvalue weighted by atomic mass is 35.5. The second kappa shape index (κ2) is 7.11. The summed E-state index contributed by atoms with van der Waals surface area (Å²) in [5.41, 5.74) is 6.88. The number of anilines is 2. The lowest BCUT2D eigenvalue weighted by atomic mass is 10.2. The molecular weight excluding hydrogens is 288 g/mol. The normalized spacial score (nSPS) is 20.4. The average Bonchev–Trinajstić information content (AvgIpc) is 2.42. The van der Waals surface area contributed by atoms with Crippen molar-refractivity contribution in [2.75, 3.05) is 44.3 Å². The number of benzene rings is 1. The summed E-state index contributed by atoms with van der Waals surface area (Å²) >= 11 is 5.86. The SMILES string of the molecule is CC1CN(C)CCN1CCC(=O)Nc1ccc(Cl)c(N)c1. The van der Waals surface area contributed by atoms with E-state index < -0.39 is 0 Å². The van der Waals surface area contributed by atoms with Gasteiger partial charge in [0.25, 0.3) is 0 Å². The Kier molecular flexibility index (Phi) is 5.45. The molecule has 0 bridgehead atoms. The standard InChI is InChI=1S/C15H23ClN4O/c1-11-10-19(2)7-8-20(11)6-5-15(21)18-12-3-4-13(16)14(17)9-12/h3-4,9,11H,5-8,10,17H2,1-2H3,(H,18,21). The first-order valence-corrected chi connectivity index (χ1v) is 7.61. The van der Waals surface area contributed by atoms with Gasteiger partial charge in [-0.2, -0.15) is 0 Å². The van der Waals surface area contributed by atoms with Gasteiger partial charge in [0.15, 0.2) is 0 Å². The molecule has 0 spiro atoms. The first-order chi connectivity index (χ1) is 9.95. The van der Waals surface area contributed by atoms with E-state index in [-0.39, 0.29) is 5.91 Å². The number of hydrogen-bond acceptors (Lipinski definition) is 4. The molecule has 1 unspecified atom stereocenters. The van der Waals surface area contributed by atoms with Gasteiger partial charge in [-0.1, -0.05) is 11.6 Å². The summed E-state index contributed by atoms with van der Waals surface area (Å²) in [6.45, 7) is 6.10. The fourth-order valence-electron chi connectivity index (χ4n) is 2.60. The van der Waals surface area contributed by atoms with E-state index in [1.54, 1.807) is 18.2 Å². The molecular formula is C15H23ClN4O. The molecule has 6 heteroatoms. The van der Waals surface area contributed by atoms with E-state index in [2.05, 4.69) is 29.1 Å². The van der Waals surface area contributed by atoms with Crippen molar-refractivity contribution >= 4 is 28.9 Å². The summed E-state index contributed by atoms with van der Waals surface area (Å²) in [5.74, 6) is 0.00264. The number of rotatable bonds is 4. The van der Waals surface area contributed by atoms with E-state index >= 15 is 0 Å². The van der Waals surface area contributed by atoms with Crippen LogP contribution in [0.25, 0.3) is 0 Å². The summed E-state index contributed by atoms with van der Waals surface area (Å²) in [6, 6.07) is 5.62. The molecule has 1 aliphatic rings. The van der Waals surface area contributed by atoms with Crippen molar-refractivity contribution in [1.82, 2.24) is 9.80 Å². The number of carbonyl (C=O) groups is 1. The molecule has 0 aliphatic carbocycles. The predicted octanol–water partition coefficient (Wildman–Crippen LogP) is 1.89. The Balaban J connectivity index is 1.80. The van der Waals surface area contributed by atoms with Crippen LogP contribution in [0, 0.1) is 0 Å². The van der Waals surface area contributed by atoms with Gasteiger partial charge in [-0.05, 0) is 32.2 Å². The van der Waals surface area contributed by atoms with E-state index in [1.807, 2.05) is 0 Å². The number of nitrogens with zero attached hydrogens (tertiary/aromatic N) is 2. The number of likely N-dealkylation sites (N-methyl/N-ethyl adjacent to an activating group) is 1. The van der Waals surface area contributed by atoms with Crippen LogP contribution in [0.1, 0.15) is 13.3 Å². The lowest BCUT2D eigenvalue weighted by Crippen LogP contribution is -2.50. The van der Waals surface area contributed by atoms with Crippen LogP contribution in [-0.2, 0) is 4.79 Å². The van der Waals surface area contributed by atoms with Gasteiger partial charge in [-0.3, -0.25) is 9.69 Å². The van der Waals surface area contributed by atoms with Crippen LogP contribution >= 0.6 is 11.6 Å². The van der Waals surface area contributed by atoms with Crippen LogP contribution in [0.3, 0.4) is 0 Å². The summed E-state index contributed by atoms with van der Waals surface area (Å²) in [6.07, 6.45) is 0.483. The van der Waals surface area contributed by atoms with Crippen LogP contribution in [0.15, 0.2) is 18.2 Å². The molecule has 1 aromatic carbocycles. The minimum atomic E-state index is 0.00264. The molecule has 1 amide bonds. The third-order valence-electron chi connectivity index (χ3n) is 3.87. The van der Waals surface area contributed by atoms with E-state index in [0.29, 0.717) is 28.9 Å². The molecule has 0 aromatic heterocycles. The number of piperazine rings is 1. The monoisotopic (exact) mass is 310 g/mol. The molecule has 5 nitrogen and oxygen atoms in total. The maximum absolute atomic E-state index is 12.0. The van der Waals surface area contributed by atoms with Crippen LogP contribution in [0.5, 0.6) is 0 Å². The third kappa shape index (κ3) is 4.59. The van der Waals surface area contributed by atoms with Crippen molar-refractivity contribution in [3.05, 3.63) is 23.2 Å². The molecule has 1 heterocycles. The highest BCUT2D eigenvalue weighted by Gasteiger charge is 2.21. The summed E-state index contributed by atoms with van der Waals surface area (Å²) in [4.78, 5) is 16.7. The van der Waals surface area contributed by atoms with Crippen molar-refractivity contribution in [3.63, 3.8) is 0 Å². The van der Waals surface area contributed by atoms with Gasteiger partial charge >= 0.3 is 0 Å². The van der Waals surface area contributed by atoms with Crippen LogP contribution in [0.4, 0.5) is 11.4 Å². The van der Waals surface area contributed by atoms with Crippen molar-refractivity contribution in [3.8, 4) is 0 Å². The first kappa shape index (κ1) is 16.1. The molecule has 1 atom stereocenters. The van der Waals surface area contributed by atoms with Gasteiger partial charge < -0.3 is 16.0 Å². The highest BCUT2D eigenvalue weighted by molar-refractivity contribution is 6.33. The Hall–Kier alpha value is -1.30. The lowest BCUT2D eigenvalue weighted by Gasteiger charge is -2.38. The number of halogens is 1. The Morgan fingerprint density at radius 3 is 2.90 bits per heavy atom. The maximum atomic E-state index is 12.0. The molecule has 2 rings (SSSR count). The van der Waals surface area contributed by atoms with E-state index in [4.69, 9.17) is 17.3 Å². The lowest BCUT2D eigenvalue weighted by molar-refractivity contribution is -0.116. The minimum absolute atomic E-state index is 0.00264. The smallest absolute Gasteiger partial charge is 0.225 e. The summed E-state index contributed by atoms with van der Waals surface area (Å²) in [7, 11) is 2.13. The number of nitrogen functional groups attached to an aromatic ring is 1. The van der Waals surface area contributed by atoms with Gasteiger partial charge in [0.2, 0.25) is 5.91 Å². The molecule has 21 heavy (non-hydrogen) atoms. The molecule has 0 radical (unpaired) electrons. The molecule has 0 saturated carbocycles. The van der Waals surface area contributed by atoms with Gasteiger partial charge in [0.1, 0.15) is 0 Å². The van der Waals surface area contributed by atoms with Crippen LogP contribution < -0.4 is 11.1 Å². The van der Waals surface area contributed by atoms with Gasteiger partial charge in [-0.25, -0.2) is 0 Å². The van der Waals surface area contributed by atoms with Crippen molar-refractivity contribution in [2.45, 2.75) is 19.4 Å². The van der Waals surface area contributed by atoms with E-state index in [9.17, 15) is 4.79 Å². The zero-order chi connectivity index (χ0) is 15.4. The number of amides is 1. The van der Waals surface area contributed by atoms with E-state index in [0.717, 1.165) is 26.2 Å². The van der Waals surface area contributed by atoms with Crippen molar-refractivity contribution < 1.29 is 4.79 Å². The Morgan fingerprint density at radius 1 is 1.48 bits per heavy atom. The number of hydrogen-bond donors (Lipinski definition) is 2. The first-order valence-electron chi connectivity index (χ1n) is 7.23. The Labute approximate surface area is 131 Å². The zero-order valence-corrected chi connectivity index (χ0v) is 13.4. The largest absolute Gasteiger partial charge is 0.397 e. The summed E-state index contributed by atoms with van der Waals surface area (Å²) in [5, 5.41) is 3.36. The van der Waals surface area contributed by atoms with Crippen molar-refractivity contribution in [2.24, 2.45) is 0 Å². The molecule has 116 valence electrons. The fourth-order valence-corrected chi connectivity index (χ4v) is 2.72. The Bertz CT molecular complexity index is 508. The quantitative estimate of drug-likeness (QED) is 0.834. The molecule has 1 saturated heterocycles. The van der Waals surface area contributed by atoms with E-state index in [1.165, 1.54) is 0 Å². The second-order valence-electron chi connectivity index (χ2n) is 5.68. The van der Waals surface area contributed by atoms with Gasteiger partial charge in [0, 0.05) is 44.3 Å². The number of nitrogens with one attached hydrogen (secondary N) is 1.